The van der Waals surface area contributed by atoms with Crippen LogP contribution in [0.15, 0.2) is 60.2 Å². The first-order valence-corrected chi connectivity index (χ1v) is 12.6. The number of ether oxygens (including phenoxy) is 5. The second-order valence-corrected chi connectivity index (χ2v) is 8.91. The summed E-state index contributed by atoms with van der Waals surface area (Å²) < 4.78 is 27.3. The molecule has 0 aliphatic carbocycles. The van der Waals surface area contributed by atoms with Gasteiger partial charge in [0.25, 0.3) is 11.8 Å². The van der Waals surface area contributed by atoms with Crippen molar-refractivity contribution in [2.24, 2.45) is 0 Å². The van der Waals surface area contributed by atoms with Crippen LogP contribution in [0.4, 0.5) is 16.2 Å². The van der Waals surface area contributed by atoms with E-state index in [1.54, 1.807) is 42.5 Å². The van der Waals surface area contributed by atoms with E-state index in [1.807, 2.05) is 0 Å². The molecule has 3 aromatic carbocycles. The number of urea groups is 1. The number of anilines is 2. The number of nitrogens with zero attached hydrogens (tertiary/aromatic N) is 1. The van der Waals surface area contributed by atoms with Crippen LogP contribution in [0.3, 0.4) is 0 Å². The Morgan fingerprint density at radius 1 is 0.857 bits per heavy atom. The van der Waals surface area contributed by atoms with Crippen molar-refractivity contribution in [2.75, 3.05) is 38.7 Å². The minimum Gasteiger partial charge on any atom is -0.496 e. The third kappa shape index (κ3) is 6.28. The Kier molecular flexibility index (Phi) is 8.96. The molecule has 1 aliphatic heterocycles. The number of benzene rings is 3. The quantitative estimate of drug-likeness (QED) is 0.272. The average Bonchev–Trinajstić information content (AvgIpc) is 2.98. The first-order chi connectivity index (χ1) is 20.2. The summed E-state index contributed by atoms with van der Waals surface area (Å²) in [5.74, 6) is -0.0687. The predicted molar refractivity (Wildman–Crippen MR) is 153 cm³/mol. The van der Waals surface area contributed by atoms with Gasteiger partial charge in [0.05, 0.1) is 34.1 Å². The van der Waals surface area contributed by atoms with Crippen LogP contribution in [-0.4, -0.2) is 52.2 Å². The summed E-state index contributed by atoms with van der Waals surface area (Å²) in [7, 11) is 5.74. The molecular formula is C30H29N3O9. The Labute approximate surface area is 241 Å². The van der Waals surface area contributed by atoms with Gasteiger partial charge in [0.1, 0.15) is 23.7 Å². The van der Waals surface area contributed by atoms with Gasteiger partial charge in [-0.05, 0) is 48.0 Å². The molecule has 0 aromatic heterocycles. The number of amides is 5. The summed E-state index contributed by atoms with van der Waals surface area (Å²) in [6.45, 7) is 1.53. The van der Waals surface area contributed by atoms with Gasteiger partial charge in [0, 0.05) is 30.3 Å². The van der Waals surface area contributed by atoms with Gasteiger partial charge in [-0.1, -0.05) is 6.07 Å². The summed E-state index contributed by atoms with van der Waals surface area (Å²) in [6, 6.07) is 13.8. The number of nitrogens with one attached hydrogen (secondary N) is 2. The zero-order valence-corrected chi connectivity index (χ0v) is 23.6. The molecule has 4 rings (SSSR count). The first-order valence-electron chi connectivity index (χ1n) is 12.6. The maximum absolute atomic E-state index is 13.5. The second kappa shape index (κ2) is 12.8. The van der Waals surface area contributed by atoms with E-state index in [4.69, 9.17) is 23.7 Å². The van der Waals surface area contributed by atoms with Crippen molar-refractivity contribution >= 4 is 41.2 Å². The van der Waals surface area contributed by atoms with Gasteiger partial charge < -0.3 is 29.0 Å². The lowest BCUT2D eigenvalue weighted by atomic mass is 10.0. The monoisotopic (exact) mass is 575 g/mol. The molecule has 5 amide bonds. The molecule has 1 aliphatic rings. The van der Waals surface area contributed by atoms with Crippen LogP contribution >= 0.6 is 0 Å². The van der Waals surface area contributed by atoms with Crippen molar-refractivity contribution in [1.82, 2.24) is 5.32 Å². The van der Waals surface area contributed by atoms with E-state index in [1.165, 1.54) is 53.6 Å². The van der Waals surface area contributed by atoms with Gasteiger partial charge in [-0.2, -0.15) is 0 Å². The lowest BCUT2D eigenvalue weighted by molar-refractivity contribution is -0.122. The average molecular weight is 576 g/mol. The number of imide groups is 2. The highest BCUT2D eigenvalue weighted by Gasteiger charge is 2.37. The molecule has 0 radical (unpaired) electrons. The van der Waals surface area contributed by atoms with Gasteiger partial charge in [-0.15, -0.1) is 0 Å². The summed E-state index contributed by atoms with van der Waals surface area (Å²) in [5.41, 5.74) is 1.61. The summed E-state index contributed by atoms with van der Waals surface area (Å²) >= 11 is 0. The molecule has 3 aromatic rings. The van der Waals surface area contributed by atoms with Crippen molar-refractivity contribution in [3.05, 3.63) is 71.3 Å². The largest absolute Gasteiger partial charge is 0.496 e. The highest BCUT2D eigenvalue weighted by molar-refractivity contribution is 6.39. The zero-order valence-electron chi connectivity index (χ0n) is 23.6. The van der Waals surface area contributed by atoms with E-state index in [9.17, 15) is 19.2 Å². The molecule has 1 saturated heterocycles. The summed E-state index contributed by atoms with van der Waals surface area (Å²) in [4.78, 5) is 51.1. The van der Waals surface area contributed by atoms with Crippen molar-refractivity contribution < 1.29 is 42.9 Å². The normalized spacial score (nSPS) is 13.9. The first kappa shape index (κ1) is 29.5. The molecular weight excluding hydrogens is 546 g/mol. The van der Waals surface area contributed by atoms with E-state index in [-0.39, 0.29) is 41.0 Å². The third-order valence-corrected chi connectivity index (χ3v) is 6.19. The van der Waals surface area contributed by atoms with Crippen molar-refractivity contribution in [3.8, 4) is 28.7 Å². The van der Waals surface area contributed by atoms with Crippen LogP contribution in [0.2, 0.25) is 0 Å². The Morgan fingerprint density at radius 2 is 1.50 bits per heavy atom. The van der Waals surface area contributed by atoms with Gasteiger partial charge in [-0.3, -0.25) is 19.7 Å². The van der Waals surface area contributed by atoms with Crippen molar-refractivity contribution in [3.63, 3.8) is 0 Å². The van der Waals surface area contributed by atoms with Crippen molar-refractivity contribution in [2.45, 2.75) is 13.5 Å². The summed E-state index contributed by atoms with van der Waals surface area (Å²) in [5, 5.41) is 4.89. The SMILES string of the molecule is COc1ccc(C=C2C(=O)NC(=O)N(c3cc(OC)c(OC)c(OC)c3)C2=O)cc1COc1ccc(NC(C)=O)cc1. The fraction of sp³-hybridized carbons (Fsp3) is 0.200. The smallest absolute Gasteiger partial charge is 0.335 e. The van der Waals surface area contributed by atoms with Gasteiger partial charge >= 0.3 is 6.03 Å². The fourth-order valence-corrected chi connectivity index (χ4v) is 4.25. The topological polar surface area (TPSA) is 142 Å². The molecule has 0 bridgehead atoms. The molecule has 218 valence electrons. The van der Waals surface area contributed by atoms with E-state index < -0.39 is 17.8 Å². The van der Waals surface area contributed by atoms with Crippen molar-refractivity contribution in [1.29, 1.82) is 0 Å². The Hall–Kier alpha value is -5.52. The van der Waals surface area contributed by atoms with E-state index in [0.717, 1.165) is 4.90 Å². The molecule has 12 nitrogen and oxygen atoms in total. The standard InChI is InChI=1S/C30H29N3O9/c1-17(34)31-20-7-9-22(10-8-20)42-16-19-12-18(6-11-24(19)38-2)13-23-28(35)32-30(37)33(29(23)36)21-14-25(39-3)27(41-5)26(15-21)40-4/h6-15H,16H2,1-5H3,(H,31,34)(H,32,35,37). The maximum atomic E-state index is 13.5. The Balaban J connectivity index is 1.62. The van der Waals surface area contributed by atoms with E-state index in [2.05, 4.69) is 10.6 Å². The minimum absolute atomic E-state index is 0.107. The molecule has 0 spiro atoms. The molecule has 0 saturated carbocycles. The maximum Gasteiger partial charge on any atom is 0.335 e. The van der Waals surface area contributed by atoms with Crippen LogP contribution in [-0.2, 0) is 21.0 Å². The number of carbonyl (C=O) groups is 4. The van der Waals surface area contributed by atoms with E-state index in [0.29, 0.717) is 28.3 Å². The molecule has 0 atom stereocenters. The van der Waals surface area contributed by atoms with Crippen LogP contribution in [0.5, 0.6) is 28.7 Å². The molecule has 1 heterocycles. The Bertz CT molecular complexity index is 1540. The van der Waals surface area contributed by atoms with Crippen LogP contribution in [0, 0.1) is 0 Å². The van der Waals surface area contributed by atoms with Gasteiger partial charge in [0.15, 0.2) is 11.5 Å². The molecule has 2 N–H and O–H groups in total. The zero-order chi connectivity index (χ0) is 30.4. The lowest BCUT2D eigenvalue weighted by Gasteiger charge is -2.27. The van der Waals surface area contributed by atoms with Crippen LogP contribution in [0.25, 0.3) is 6.08 Å². The molecule has 1 fully saturated rings. The summed E-state index contributed by atoms with van der Waals surface area (Å²) in [6.07, 6.45) is 1.38. The number of barbiturate groups is 1. The second-order valence-electron chi connectivity index (χ2n) is 8.91. The van der Waals surface area contributed by atoms with Crippen LogP contribution in [0.1, 0.15) is 18.1 Å². The number of rotatable bonds is 10. The Morgan fingerprint density at radius 3 is 2.07 bits per heavy atom. The lowest BCUT2D eigenvalue weighted by Crippen LogP contribution is -2.54. The molecule has 0 unspecified atom stereocenters. The predicted octanol–water partition coefficient (Wildman–Crippen LogP) is 3.92. The molecule has 42 heavy (non-hydrogen) atoms. The highest BCUT2D eigenvalue weighted by atomic mass is 16.5. The third-order valence-electron chi connectivity index (χ3n) is 6.19. The van der Waals surface area contributed by atoms with Gasteiger partial charge in [-0.25, -0.2) is 9.69 Å². The minimum atomic E-state index is -0.926. The number of hydrogen-bond donors (Lipinski definition) is 2. The van der Waals surface area contributed by atoms with E-state index >= 15 is 0 Å². The number of carbonyl (C=O) groups excluding carboxylic acids is 4. The fourth-order valence-electron chi connectivity index (χ4n) is 4.25. The van der Waals surface area contributed by atoms with Crippen LogP contribution < -0.4 is 39.2 Å². The molecule has 12 heteroatoms. The number of methoxy groups -OCH3 is 4. The number of hydrogen-bond acceptors (Lipinski definition) is 9. The van der Waals surface area contributed by atoms with Gasteiger partial charge in [0.2, 0.25) is 11.7 Å². The highest BCUT2D eigenvalue weighted by Crippen LogP contribution is 2.41.